The molecule has 2 unspecified atom stereocenters. The van der Waals surface area contributed by atoms with Crippen molar-refractivity contribution >= 4 is 29.9 Å². The van der Waals surface area contributed by atoms with E-state index in [4.69, 9.17) is 9.47 Å². The molecule has 3 aliphatic rings. The Balaban J connectivity index is 0.00000272. The van der Waals surface area contributed by atoms with Crippen LogP contribution in [-0.4, -0.2) is 98.9 Å². The van der Waals surface area contributed by atoms with E-state index in [0.717, 1.165) is 78.1 Å². The maximum Gasteiger partial charge on any atom is 0.193 e. The van der Waals surface area contributed by atoms with Gasteiger partial charge >= 0.3 is 0 Å². The molecule has 0 spiro atoms. The fourth-order valence-electron chi connectivity index (χ4n) is 4.82. The smallest absolute Gasteiger partial charge is 0.193 e. The molecule has 3 fully saturated rings. The highest BCUT2D eigenvalue weighted by atomic mass is 127. The number of nitrogens with one attached hydrogen (secondary N) is 1. The summed E-state index contributed by atoms with van der Waals surface area (Å²) in [6.45, 7) is 12.8. The van der Waals surface area contributed by atoms with E-state index in [1.807, 2.05) is 7.05 Å². The summed E-state index contributed by atoms with van der Waals surface area (Å²) in [5.41, 5.74) is 2.67. The zero-order chi connectivity index (χ0) is 20.8. The van der Waals surface area contributed by atoms with E-state index < -0.39 is 0 Å². The highest BCUT2D eigenvalue weighted by molar-refractivity contribution is 14.0. The van der Waals surface area contributed by atoms with Gasteiger partial charge in [0.1, 0.15) is 0 Å². The molecular formula is C23H38IN5O2. The summed E-state index contributed by atoms with van der Waals surface area (Å²) in [6, 6.07) is 9.54. The van der Waals surface area contributed by atoms with Crippen molar-refractivity contribution in [2.75, 3.05) is 66.1 Å². The van der Waals surface area contributed by atoms with Crippen LogP contribution in [0, 0.1) is 0 Å². The fourth-order valence-corrected chi connectivity index (χ4v) is 4.82. The second-order valence-corrected chi connectivity index (χ2v) is 8.67. The number of rotatable bonds is 5. The Morgan fingerprint density at radius 2 is 1.90 bits per heavy atom. The molecule has 0 aromatic heterocycles. The predicted octanol–water partition coefficient (Wildman–Crippen LogP) is 2.01. The molecular weight excluding hydrogens is 505 g/mol. The van der Waals surface area contributed by atoms with Crippen LogP contribution in [0.3, 0.4) is 0 Å². The molecule has 174 valence electrons. The summed E-state index contributed by atoms with van der Waals surface area (Å²) < 4.78 is 11.2. The Hall–Kier alpha value is -0.940. The van der Waals surface area contributed by atoms with E-state index >= 15 is 0 Å². The predicted molar refractivity (Wildman–Crippen MR) is 135 cm³/mol. The van der Waals surface area contributed by atoms with Crippen LogP contribution in [0.4, 0.5) is 0 Å². The molecule has 3 heterocycles. The second-order valence-electron chi connectivity index (χ2n) is 8.67. The third kappa shape index (κ3) is 7.02. The lowest BCUT2D eigenvalue weighted by molar-refractivity contribution is -0.0212. The first-order valence-corrected chi connectivity index (χ1v) is 11.4. The van der Waals surface area contributed by atoms with Crippen molar-refractivity contribution in [3.8, 4) is 0 Å². The number of morpholine rings is 2. The van der Waals surface area contributed by atoms with Crippen molar-refractivity contribution in [2.24, 2.45) is 4.99 Å². The molecule has 0 bridgehead atoms. The fraction of sp³-hybridized carbons (Fsp3) is 0.696. The second kappa shape index (κ2) is 12.3. The van der Waals surface area contributed by atoms with Crippen LogP contribution >= 0.6 is 24.0 Å². The van der Waals surface area contributed by atoms with E-state index in [2.05, 4.69) is 56.2 Å². The Kier molecular flexibility index (Phi) is 9.83. The van der Waals surface area contributed by atoms with E-state index in [0.29, 0.717) is 12.1 Å². The first-order chi connectivity index (χ1) is 14.7. The molecule has 31 heavy (non-hydrogen) atoms. The number of guanidine groups is 1. The first kappa shape index (κ1) is 24.7. The monoisotopic (exact) mass is 543 g/mol. The van der Waals surface area contributed by atoms with Crippen molar-refractivity contribution in [1.29, 1.82) is 0 Å². The largest absolute Gasteiger partial charge is 0.379 e. The van der Waals surface area contributed by atoms with Crippen molar-refractivity contribution < 1.29 is 9.47 Å². The summed E-state index contributed by atoms with van der Waals surface area (Å²) in [5.74, 6) is 1.01. The van der Waals surface area contributed by atoms with Gasteiger partial charge in [-0.3, -0.25) is 14.8 Å². The van der Waals surface area contributed by atoms with Crippen LogP contribution < -0.4 is 5.32 Å². The maximum absolute atomic E-state index is 5.66. The molecule has 1 aromatic rings. The molecule has 8 heteroatoms. The van der Waals surface area contributed by atoms with Gasteiger partial charge in [-0.25, -0.2) is 0 Å². The minimum absolute atomic E-state index is 0. The molecule has 2 atom stereocenters. The molecule has 0 amide bonds. The summed E-state index contributed by atoms with van der Waals surface area (Å²) >= 11 is 0. The highest BCUT2D eigenvalue weighted by Crippen LogP contribution is 2.17. The summed E-state index contributed by atoms with van der Waals surface area (Å²) in [4.78, 5) is 12.0. The molecule has 0 aliphatic carbocycles. The number of hydrogen-bond donors (Lipinski definition) is 1. The third-order valence-electron chi connectivity index (χ3n) is 6.41. The molecule has 7 nitrogen and oxygen atoms in total. The van der Waals surface area contributed by atoms with Crippen LogP contribution in [0.1, 0.15) is 24.5 Å². The lowest BCUT2D eigenvalue weighted by atomic mass is 10.1. The maximum atomic E-state index is 5.66. The van der Waals surface area contributed by atoms with Gasteiger partial charge in [0.15, 0.2) is 5.96 Å². The number of benzene rings is 1. The molecule has 1 aromatic carbocycles. The molecule has 3 saturated heterocycles. The van der Waals surface area contributed by atoms with Gasteiger partial charge in [-0.2, -0.15) is 0 Å². The average Bonchev–Trinajstić information content (AvgIpc) is 3.25. The minimum atomic E-state index is 0. The Bertz CT molecular complexity index is 713. The van der Waals surface area contributed by atoms with Crippen LogP contribution in [0.15, 0.2) is 29.3 Å². The molecule has 0 radical (unpaired) electrons. The average molecular weight is 543 g/mol. The van der Waals surface area contributed by atoms with Gasteiger partial charge < -0.3 is 19.7 Å². The van der Waals surface area contributed by atoms with E-state index in [9.17, 15) is 0 Å². The Morgan fingerprint density at radius 3 is 2.68 bits per heavy atom. The van der Waals surface area contributed by atoms with Gasteiger partial charge in [0.25, 0.3) is 0 Å². The van der Waals surface area contributed by atoms with Crippen molar-refractivity contribution in [3.05, 3.63) is 35.4 Å². The van der Waals surface area contributed by atoms with Crippen LogP contribution in [0.5, 0.6) is 0 Å². The normalized spacial score (nSPS) is 26.0. The number of halogens is 1. The van der Waals surface area contributed by atoms with Gasteiger partial charge in [0.2, 0.25) is 0 Å². The van der Waals surface area contributed by atoms with Gasteiger partial charge in [0, 0.05) is 65.4 Å². The number of ether oxygens (including phenoxy) is 2. The van der Waals surface area contributed by atoms with E-state index in [-0.39, 0.29) is 24.0 Å². The molecule has 1 N–H and O–H groups in total. The van der Waals surface area contributed by atoms with Gasteiger partial charge in [0.05, 0.1) is 25.9 Å². The van der Waals surface area contributed by atoms with E-state index in [1.165, 1.54) is 17.5 Å². The Labute approximate surface area is 204 Å². The Morgan fingerprint density at radius 1 is 1.10 bits per heavy atom. The lowest BCUT2D eigenvalue weighted by Gasteiger charge is -2.32. The van der Waals surface area contributed by atoms with Gasteiger partial charge in [-0.05, 0) is 24.5 Å². The quantitative estimate of drug-likeness (QED) is 0.349. The number of hydrogen-bond acceptors (Lipinski definition) is 5. The van der Waals surface area contributed by atoms with Crippen molar-refractivity contribution in [1.82, 2.24) is 20.0 Å². The topological polar surface area (TPSA) is 52.6 Å². The van der Waals surface area contributed by atoms with Crippen LogP contribution in [0.2, 0.25) is 0 Å². The van der Waals surface area contributed by atoms with Crippen molar-refractivity contribution in [2.45, 2.75) is 38.6 Å². The SMILES string of the molecule is CN=C(NCc1cccc(CN2CCOC(C)C2)c1)N1CCC(N2CCOCC2)C1.I. The van der Waals surface area contributed by atoms with Crippen molar-refractivity contribution in [3.63, 3.8) is 0 Å². The molecule has 3 aliphatic heterocycles. The first-order valence-electron chi connectivity index (χ1n) is 11.4. The summed E-state index contributed by atoms with van der Waals surface area (Å²) in [7, 11) is 1.89. The zero-order valence-electron chi connectivity index (χ0n) is 19.0. The minimum Gasteiger partial charge on any atom is -0.379 e. The lowest BCUT2D eigenvalue weighted by Crippen LogP contribution is -2.46. The van der Waals surface area contributed by atoms with Gasteiger partial charge in [-0.1, -0.05) is 24.3 Å². The number of aliphatic imine (C=N–C) groups is 1. The summed E-state index contributed by atoms with van der Waals surface area (Å²) in [6.07, 6.45) is 1.53. The summed E-state index contributed by atoms with van der Waals surface area (Å²) in [5, 5.41) is 3.59. The standard InChI is InChI=1S/C23H37N5O2.HI/c1-19-16-26(8-13-30-19)17-21-5-3-4-20(14-21)15-25-23(24-2)28-7-6-22(18-28)27-9-11-29-12-10-27;/h3-5,14,19,22H,6-13,15-18H2,1-2H3,(H,24,25);1H. The highest BCUT2D eigenvalue weighted by Gasteiger charge is 2.30. The zero-order valence-corrected chi connectivity index (χ0v) is 21.3. The number of likely N-dealkylation sites (tertiary alicyclic amines) is 1. The molecule has 4 rings (SSSR count). The molecule has 0 saturated carbocycles. The van der Waals surface area contributed by atoms with Crippen LogP contribution in [0.25, 0.3) is 0 Å². The third-order valence-corrected chi connectivity index (χ3v) is 6.41. The van der Waals surface area contributed by atoms with E-state index in [1.54, 1.807) is 0 Å². The number of nitrogens with zero attached hydrogens (tertiary/aromatic N) is 4. The van der Waals surface area contributed by atoms with Gasteiger partial charge in [-0.15, -0.1) is 24.0 Å². The van der Waals surface area contributed by atoms with Crippen LogP contribution in [-0.2, 0) is 22.6 Å².